The van der Waals surface area contributed by atoms with Crippen molar-refractivity contribution in [2.75, 3.05) is 33.9 Å². The molecule has 166 valence electrons. The van der Waals surface area contributed by atoms with Gasteiger partial charge in [-0.2, -0.15) is 0 Å². The first kappa shape index (κ1) is 22.9. The Kier molecular flexibility index (Phi) is 7.44. The molecule has 1 aliphatic heterocycles. The summed E-state index contributed by atoms with van der Waals surface area (Å²) in [4.78, 5) is 28.0. The summed E-state index contributed by atoms with van der Waals surface area (Å²) in [5, 5.41) is 3.60. The summed E-state index contributed by atoms with van der Waals surface area (Å²) < 4.78 is 11.0. The summed E-state index contributed by atoms with van der Waals surface area (Å²) in [5.74, 6) is 0.900. The molecule has 0 bridgehead atoms. The lowest BCUT2D eigenvalue weighted by Crippen LogP contribution is -2.37. The van der Waals surface area contributed by atoms with Gasteiger partial charge in [0.15, 0.2) is 0 Å². The van der Waals surface area contributed by atoms with Crippen LogP contribution in [0.15, 0.2) is 42.5 Å². The molecule has 1 N–H and O–H groups in total. The topological polar surface area (TPSA) is 67.9 Å². The molecule has 0 aromatic heterocycles. The summed E-state index contributed by atoms with van der Waals surface area (Å²) in [6.45, 7) is 5.42. The Morgan fingerprint density at radius 1 is 1.10 bits per heavy atom. The molecule has 1 heterocycles. The van der Waals surface area contributed by atoms with E-state index in [0.29, 0.717) is 47.6 Å². The van der Waals surface area contributed by atoms with Crippen LogP contribution in [0.4, 0.5) is 0 Å². The Hall–Kier alpha value is -2.73. The van der Waals surface area contributed by atoms with E-state index in [1.165, 1.54) is 0 Å². The molecule has 2 aromatic rings. The van der Waals surface area contributed by atoms with Crippen LogP contribution in [-0.2, 0) is 4.79 Å². The number of halogens is 1. The van der Waals surface area contributed by atoms with Crippen LogP contribution in [0.2, 0.25) is 5.02 Å². The lowest BCUT2D eigenvalue weighted by Gasteiger charge is -2.21. The number of likely N-dealkylation sites (tertiary alicyclic amines) is 1. The second kappa shape index (κ2) is 10.1. The molecule has 0 saturated carbocycles. The van der Waals surface area contributed by atoms with Crippen molar-refractivity contribution in [1.29, 1.82) is 0 Å². The molecule has 1 fully saturated rings. The fraction of sp³-hybridized carbons (Fsp3) is 0.417. The van der Waals surface area contributed by atoms with Gasteiger partial charge in [-0.3, -0.25) is 9.59 Å². The highest BCUT2D eigenvalue weighted by molar-refractivity contribution is 6.30. The van der Waals surface area contributed by atoms with Crippen molar-refractivity contribution in [2.24, 2.45) is 11.8 Å². The third-order valence-corrected chi connectivity index (χ3v) is 5.81. The predicted octanol–water partition coefficient (Wildman–Crippen LogP) is 3.99. The molecular weight excluding hydrogens is 416 g/mol. The molecule has 2 atom stereocenters. The minimum absolute atomic E-state index is 0.0602. The maximum absolute atomic E-state index is 13.1. The predicted molar refractivity (Wildman–Crippen MR) is 121 cm³/mol. The molecule has 31 heavy (non-hydrogen) atoms. The Bertz CT molecular complexity index is 930. The standard InChI is InChI=1S/C24H29ClN2O4/c1-15(2)12-26-23(28)21-14-27(24(29)16-5-7-17(25)8-6-16)13-20(21)19-11-18(30-3)9-10-22(19)31-4/h5-11,15,20-21H,12-14H2,1-4H3,(H,26,28). The number of amides is 2. The normalized spacial score (nSPS) is 18.2. The molecule has 0 spiro atoms. The van der Waals surface area contributed by atoms with Crippen LogP contribution in [-0.4, -0.2) is 50.6 Å². The van der Waals surface area contributed by atoms with Crippen molar-refractivity contribution >= 4 is 23.4 Å². The smallest absolute Gasteiger partial charge is 0.253 e. The number of methoxy groups -OCH3 is 2. The van der Waals surface area contributed by atoms with Gasteiger partial charge in [-0.1, -0.05) is 25.4 Å². The zero-order valence-corrected chi connectivity index (χ0v) is 19.1. The van der Waals surface area contributed by atoms with E-state index in [4.69, 9.17) is 21.1 Å². The first-order chi connectivity index (χ1) is 14.8. The fourth-order valence-corrected chi connectivity index (χ4v) is 4.02. The van der Waals surface area contributed by atoms with Gasteiger partial charge in [0.1, 0.15) is 11.5 Å². The van der Waals surface area contributed by atoms with Gasteiger partial charge < -0.3 is 19.7 Å². The van der Waals surface area contributed by atoms with Crippen molar-refractivity contribution in [1.82, 2.24) is 10.2 Å². The molecule has 2 amide bonds. The van der Waals surface area contributed by atoms with Gasteiger partial charge in [0.2, 0.25) is 5.91 Å². The summed E-state index contributed by atoms with van der Waals surface area (Å²) in [6, 6.07) is 12.3. The van der Waals surface area contributed by atoms with Crippen LogP contribution in [0.5, 0.6) is 11.5 Å². The molecule has 7 heteroatoms. The zero-order chi connectivity index (χ0) is 22.5. The molecule has 2 unspecified atom stereocenters. The number of rotatable bonds is 7. The Morgan fingerprint density at radius 2 is 1.81 bits per heavy atom. The third-order valence-electron chi connectivity index (χ3n) is 5.56. The number of carbonyl (C=O) groups is 2. The average molecular weight is 445 g/mol. The van der Waals surface area contributed by atoms with E-state index in [9.17, 15) is 9.59 Å². The molecule has 1 aliphatic rings. The molecule has 0 radical (unpaired) electrons. The van der Waals surface area contributed by atoms with Gasteiger partial charge in [0.05, 0.1) is 20.1 Å². The molecular formula is C24H29ClN2O4. The quantitative estimate of drug-likeness (QED) is 0.701. The number of benzene rings is 2. The highest BCUT2D eigenvalue weighted by Gasteiger charge is 2.41. The Labute approximate surface area is 188 Å². The second-order valence-electron chi connectivity index (χ2n) is 8.18. The highest BCUT2D eigenvalue weighted by Crippen LogP contribution is 2.40. The molecule has 3 rings (SSSR count). The summed E-state index contributed by atoms with van der Waals surface area (Å²) in [6.07, 6.45) is 0. The van der Waals surface area contributed by atoms with Gasteiger partial charge in [-0.05, 0) is 48.4 Å². The van der Waals surface area contributed by atoms with Crippen LogP contribution in [0.3, 0.4) is 0 Å². The molecule has 2 aromatic carbocycles. The molecule has 1 saturated heterocycles. The van der Waals surface area contributed by atoms with Crippen LogP contribution in [0, 0.1) is 11.8 Å². The number of ether oxygens (including phenoxy) is 2. The SMILES string of the molecule is COc1ccc(OC)c(C2CN(C(=O)c3ccc(Cl)cc3)CC2C(=O)NCC(C)C)c1. The molecule has 6 nitrogen and oxygen atoms in total. The van der Waals surface area contributed by atoms with Crippen LogP contribution < -0.4 is 14.8 Å². The van der Waals surface area contributed by atoms with E-state index in [1.54, 1.807) is 43.4 Å². The van der Waals surface area contributed by atoms with Gasteiger partial charge in [0.25, 0.3) is 5.91 Å². The zero-order valence-electron chi connectivity index (χ0n) is 18.4. The lowest BCUT2D eigenvalue weighted by molar-refractivity contribution is -0.125. The summed E-state index contributed by atoms with van der Waals surface area (Å²) in [5.41, 5.74) is 1.40. The average Bonchev–Trinajstić information content (AvgIpc) is 3.22. The maximum atomic E-state index is 13.1. The number of carbonyl (C=O) groups excluding carboxylic acids is 2. The van der Waals surface area contributed by atoms with E-state index in [2.05, 4.69) is 5.32 Å². The van der Waals surface area contributed by atoms with Crippen molar-refractivity contribution in [3.63, 3.8) is 0 Å². The minimum atomic E-state index is -0.393. The van der Waals surface area contributed by atoms with E-state index in [1.807, 2.05) is 32.0 Å². The Morgan fingerprint density at radius 3 is 2.42 bits per heavy atom. The summed E-state index contributed by atoms with van der Waals surface area (Å²) >= 11 is 5.96. The van der Waals surface area contributed by atoms with Gasteiger partial charge in [-0.25, -0.2) is 0 Å². The van der Waals surface area contributed by atoms with E-state index < -0.39 is 5.92 Å². The first-order valence-corrected chi connectivity index (χ1v) is 10.8. The maximum Gasteiger partial charge on any atom is 0.253 e. The fourth-order valence-electron chi connectivity index (χ4n) is 3.89. The van der Waals surface area contributed by atoms with E-state index in [0.717, 1.165) is 5.56 Å². The van der Waals surface area contributed by atoms with Crippen LogP contribution >= 0.6 is 11.6 Å². The Balaban J connectivity index is 1.93. The van der Waals surface area contributed by atoms with Gasteiger partial charge in [-0.15, -0.1) is 0 Å². The molecule has 0 aliphatic carbocycles. The first-order valence-electron chi connectivity index (χ1n) is 10.4. The summed E-state index contributed by atoms with van der Waals surface area (Å²) in [7, 11) is 3.20. The number of nitrogens with zero attached hydrogens (tertiary/aromatic N) is 1. The van der Waals surface area contributed by atoms with Crippen LogP contribution in [0.25, 0.3) is 0 Å². The lowest BCUT2D eigenvalue weighted by atomic mass is 9.87. The highest BCUT2D eigenvalue weighted by atomic mass is 35.5. The van der Waals surface area contributed by atoms with Crippen molar-refractivity contribution < 1.29 is 19.1 Å². The van der Waals surface area contributed by atoms with Crippen molar-refractivity contribution in [3.05, 3.63) is 58.6 Å². The largest absolute Gasteiger partial charge is 0.497 e. The van der Waals surface area contributed by atoms with Crippen molar-refractivity contribution in [3.8, 4) is 11.5 Å². The minimum Gasteiger partial charge on any atom is -0.497 e. The number of hydrogen-bond acceptors (Lipinski definition) is 4. The van der Waals surface area contributed by atoms with Gasteiger partial charge in [0, 0.05) is 41.7 Å². The van der Waals surface area contributed by atoms with Crippen LogP contribution in [0.1, 0.15) is 35.7 Å². The third kappa shape index (κ3) is 5.31. The van der Waals surface area contributed by atoms with E-state index in [-0.39, 0.29) is 17.7 Å². The van der Waals surface area contributed by atoms with Gasteiger partial charge >= 0.3 is 0 Å². The van der Waals surface area contributed by atoms with E-state index >= 15 is 0 Å². The number of nitrogens with one attached hydrogen (secondary N) is 1. The second-order valence-corrected chi connectivity index (χ2v) is 8.61. The number of hydrogen-bond donors (Lipinski definition) is 1. The monoisotopic (exact) mass is 444 g/mol. The van der Waals surface area contributed by atoms with Crippen molar-refractivity contribution in [2.45, 2.75) is 19.8 Å².